The number of rotatable bonds is 2. The number of nitrogens with zero attached hydrogens (tertiary/aromatic N) is 3. The van der Waals surface area contributed by atoms with Crippen LogP contribution >= 0.6 is 0 Å². The van der Waals surface area contributed by atoms with Gasteiger partial charge in [0, 0.05) is 63.6 Å². The standard InChI is InChI=1S/C29H39FN4O8/c30-18-3-1-17(2-4-18)28(38)33-15-21-14-32(7-10-41-21)29(39)22-11-19(13-34(22)20-5-8-40-9-6-20)31-25(35)12-23-26(36)27(37)24(16-33)42-23/h1-4,19-24,26-27,36-37H,5-16H2,(H,31,35)/t19-,21-,22-,23-,24+,26-,27+/m0/s1. The van der Waals surface area contributed by atoms with Crippen molar-refractivity contribution in [2.75, 3.05) is 52.5 Å². The molecule has 7 atom stereocenters. The minimum atomic E-state index is -1.33. The first-order valence-corrected chi connectivity index (χ1v) is 14.9. The van der Waals surface area contributed by atoms with Crippen molar-refractivity contribution in [3.8, 4) is 0 Å². The maximum absolute atomic E-state index is 14.0. The number of amides is 3. The molecule has 6 rings (SSSR count). The van der Waals surface area contributed by atoms with Gasteiger partial charge in [-0.2, -0.15) is 0 Å². The molecule has 5 aliphatic heterocycles. The number of aliphatic hydroxyl groups excluding tert-OH is 2. The van der Waals surface area contributed by atoms with Gasteiger partial charge in [-0.05, 0) is 43.5 Å². The zero-order valence-corrected chi connectivity index (χ0v) is 23.5. The summed E-state index contributed by atoms with van der Waals surface area (Å²) in [5.74, 6) is -1.27. The van der Waals surface area contributed by atoms with Crippen molar-refractivity contribution in [2.24, 2.45) is 0 Å². The van der Waals surface area contributed by atoms with Crippen molar-refractivity contribution >= 4 is 17.7 Å². The first-order chi connectivity index (χ1) is 20.3. The number of hydrogen-bond donors (Lipinski definition) is 3. The van der Waals surface area contributed by atoms with E-state index in [1.54, 1.807) is 4.90 Å². The Hall–Kier alpha value is -2.68. The number of carbonyl (C=O) groups is 3. The Morgan fingerprint density at radius 1 is 0.952 bits per heavy atom. The number of hydrogen-bond acceptors (Lipinski definition) is 9. The molecule has 230 valence electrons. The lowest BCUT2D eigenvalue weighted by Crippen LogP contribution is -2.56. The third kappa shape index (κ3) is 6.17. The van der Waals surface area contributed by atoms with Crippen LogP contribution in [0.25, 0.3) is 0 Å². The minimum Gasteiger partial charge on any atom is -0.388 e. The van der Waals surface area contributed by atoms with Crippen LogP contribution in [0.4, 0.5) is 4.39 Å². The molecule has 5 aliphatic rings. The lowest BCUT2D eigenvalue weighted by Gasteiger charge is -2.40. The van der Waals surface area contributed by atoms with Gasteiger partial charge < -0.3 is 39.5 Å². The third-order valence-electron chi connectivity index (χ3n) is 9.15. The summed E-state index contributed by atoms with van der Waals surface area (Å²) in [5.41, 5.74) is 0.239. The quantitative estimate of drug-likeness (QED) is 0.401. The maximum Gasteiger partial charge on any atom is 0.254 e. The number of fused-ring (bicyclic) bond motifs is 6. The third-order valence-corrected chi connectivity index (χ3v) is 9.15. The molecule has 12 nitrogen and oxygen atoms in total. The van der Waals surface area contributed by atoms with Crippen LogP contribution in [0.2, 0.25) is 0 Å². The highest BCUT2D eigenvalue weighted by atomic mass is 19.1. The fraction of sp³-hybridized carbons (Fsp3) is 0.690. The van der Waals surface area contributed by atoms with Crippen molar-refractivity contribution in [2.45, 2.75) is 74.3 Å². The maximum atomic E-state index is 14.0. The Bertz CT molecular complexity index is 1150. The summed E-state index contributed by atoms with van der Waals surface area (Å²) in [6.07, 6.45) is -3.19. The Morgan fingerprint density at radius 2 is 1.69 bits per heavy atom. The van der Waals surface area contributed by atoms with Crippen LogP contribution in [0, 0.1) is 5.82 Å². The van der Waals surface area contributed by atoms with E-state index in [0.29, 0.717) is 39.3 Å². The number of aliphatic hydroxyl groups is 2. The van der Waals surface area contributed by atoms with E-state index in [2.05, 4.69) is 10.2 Å². The summed E-state index contributed by atoms with van der Waals surface area (Å²) in [7, 11) is 0. The monoisotopic (exact) mass is 590 g/mol. The number of likely N-dealkylation sites (tertiary alicyclic amines) is 1. The van der Waals surface area contributed by atoms with Crippen LogP contribution in [-0.2, 0) is 23.8 Å². The lowest BCUT2D eigenvalue weighted by molar-refractivity contribution is -0.145. The van der Waals surface area contributed by atoms with Gasteiger partial charge in [0.1, 0.15) is 24.1 Å². The molecule has 5 heterocycles. The second kappa shape index (κ2) is 12.5. The molecule has 0 aliphatic carbocycles. The zero-order chi connectivity index (χ0) is 29.4. The topological polar surface area (TPSA) is 141 Å². The SMILES string of the molecule is O=C1C[C@@H]2O[C@H](CN(C(=O)c3ccc(F)cc3)C[C@@H]3CN(CCO3)C(=O)[C@@H]3C[C@@H](CN3C3CCOCC3)N1)[C@@H](O)[C@H]2O. The van der Waals surface area contributed by atoms with Crippen LogP contribution in [-0.4, -0.2) is 144 Å². The molecule has 0 radical (unpaired) electrons. The minimum absolute atomic E-state index is 0.0238. The normalized spacial score (nSPS) is 35.4. The Balaban J connectivity index is 1.29. The highest BCUT2D eigenvalue weighted by Crippen LogP contribution is 2.30. The second-order valence-corrected chi connectivity index (χ2v) is 11.9. The largest absolute Gasteiger partial charge is 0.388 e. The van der Waals surface area contributed by atoms with E-state index >= 15 is 0 Å². The predicted octanol–water partition coefficient (Wildman–Crippen LogP) is -0.874. The smallest absolute Gasteiger partial charge is 0.254 e. The fourth-order valence-corrected chi connectivity index (χ4v) is 6.96. The van der Waals surface area contributed by atoms with Crippen LogP contribution < -0.4 is 5.32 Å². The Kier molecular flexibility index (Phi) is 8.75. The molecule has 0 unspecified atom stereocenters. The molecule has 13 heteroatoms. The molecule has 42 heavy (non-hydrogen) atoms. The van der Waals surface area contributed by atoms with Gasteiger partial charge in [-0.25, -0.2) is 4.39 Å². The van der Waals surface area contributed by atoms with Crippen molar-refractivity contribution in [1.29, 1.82) is 0 Å². The first-order valence-electron chi connectivity index (χ1n) is 14.9. The van der Waals surface area contributed by atoms with Crippen LogP contribution in [0.15, 0.2) is 24.3 Å². The van der Waals surface area contributed by atoms with Gasteiger partial charge in [0.25, 0.3) is 5.91 Å². The average molecular weight is 591 g/mol. The lowest BCUT2D eigenvalue weighted by atomic mass is 10.0. The van der Waals surface area contributed by atoms with E-state index < -0.39 is 48.3 Å². The summed E-state index contributed by atoms with van der Waals surface area (Å²) in [5, 5.41) is 24.6. The van der Waals surface area contributed by atoms with E-state index in [9.17, 15) is 29.0 Å². The van der Waals surface area contributed by atoms with Gasteiger partial charge in [0.2, 0.25) is 11.8 Å². The number of ether oxygens (including phenoxy) is 3. The Morgan fingerprint density at radius 3 is 2.45 bits per heavy atom. The summed E-state index contributed by atoms with van der Waals surface area (Å²) in [4.78, 5) is 46.1. The van der Waals surface area contributed by atoms with E-state index in [1.807, 2.05) is 0 Å². The summed E-state index contributed by atoms with van der Waals surface area (Å²) >= 11 is 0. The van der Waals surface area contributed by atoms with Gasteiger partial charge in [0.15, 0.2) is 0 Å². The molecular weight excluding hydrogens is 551 g/mol. The van der Waals surface area contributed by atoms with E-state index in [4.69, 9.17) is 14.2 Å². The number of nitrogens with one attached hydrogen (secondary N) is 1. The molecule has 5 saturated heterocycles. The molecular formula is C29H39FN4O8. The molecule has 1 aromatic rings. The molecule has 0 aromatic heterocycles. The van der Waals surface area contributed by atoms with Crippen LogP contribution in [0.3, 0.4) is 0 Å². The predicted molar refractivity (Wildman–Crippen MR) is 145 cm³/mol. The van der Waals surface area contributed by atoms with Crippen LogP contribution in [0.1, 0.15) is 36.0 Å². The molecule has 5 fully saturated rings. The average Bonchev–Trinajstić information content (AvgIpc) is 3.53. The molecule has 0 spiro atoms. The molecule has 6 bridgehead atoms. The van der Waals surface area contributed by atoms with Crippen molar-refractivity contribution in [3.05, 3.63) is 35.6 Å². The van der Waals surface area contributed by atoms with Gasteiger partial charge in [-0.1, -0.05) is 0 Å². The highest BCUT2D eigenvalue weighted by molar-refractivity contribution is 5.94. The van der Waals surface area contributed by atoms with Crippen molar-refractivity contribution < 1.29 is 43.2 Å². The number of morpholine rings is 1. The fourth-order valence-electron chi connectivity index (χ4n) is 6.96. The van der Waals surface area contributed by atoms with Gasteiger partial charge >= 0.3 is 0 Å². The van der Waals surface area contributed by atoms with E-state index in [0.717, 1.165) is 12.8 Å². The van der Waals surface area contributed by atoms with Crippen molar-refractivity contribution in [3.63, 3.8) is 0 Å². The van der Waals surface area contributed by atoms with Crippen molar-refractivity contribution in [1.82, 2.24) is 20.0 Å². The second-order valence-electron chi connectivity index (χ2n) is 11.9. The van der Waals surface area contributed by atoms with Crippen LogP contribution in [0.5, 0.6) is 0 Å². The summed E-state index contributed by atoms with van der Waals surface area (Å²) in [6, 6.07) is 4.64. The number of carbonyl (C=O) groups excluding carboxylic acids is 3. The number of halogens is 1. The molecule has 3 N–H and O–H groups in total. The zero-order valence-electron chi connectivity index (χ0n) is 23.5. The number of benzene rings is 1. The van der Waals surface area contributed by atoms with E-state index in [1.165, 1.54) is 29.2 Å². The molecule has 0 saturated carbocycles. The molecule has 1 aromatic carbocycles. The Labute approximate surface area is 243 Å². The summed E-state index contributed by atoms with van der Waals surface area (Å²) in [6.45, 7) is 2.74. The van der Waals surface area contributed by atoms with E-state index in [-0.39, 0.29) is 55.5 Å². The van der Waals surface area contributed by atoms with Gasteiger partial charge in [0.05, 0.1) is 31.3 Å². The molecule has 3 amide bonds. The first kappa shape index (κ1) is 29.4. The summed E-state index contributed by atoms with van der Waals surface area (Å²) < 4.78 is 31.1. The highest BCUT2D eigenvalue weighted by Gasteiger charge is 2.47. The van der Waals surface area contributed by atoms with Gasteiger partial charge in [-0.15, -0.1) is 0 Å². The van der Waals surface area contributed by atoms with Gasteiger partial charge in [-0.3, -0.25) is 19.3 Å².